The Kier molecular flexibility index (Phi) is 9.82. The third-order valence-electron chi connectivity index (χ3n) is 4.82. The average Bonchev–Trinajstić information content (AvgIpc) is 2.69. The summed E-state index contributed by atoms with van der Waals surface area (Å²) in [5, 5.41) is 27.6. The molecule has 0 bridgehead atoms. The van der Waals surface area contributed by atoms with E-state index in [0.717, 1.165) is 0 Å². The second-order valence-electron chi connectivity index (χ2n) is 7.42. The molecule has 0 aromatic carbocycles. The quantitative estimate of drug-likeness (QED) is 0.446. The van der Waals surface area contributed by atoms with Crippen LogP contribution in [0.5, 0.6) is 0 Å². The van der Waals surface area contributed by atoms with E-state index in [2.05, 4.69) is 4.98 Å². The number of rotatable bonds is 8. The monoisotopic (exact) mass is 453 g/mol. The highest BCUT2D eigenvalue weighted by molar-refractivity contribution is 5.70. The van der Waals surface area contributed by atoms with Crippen molar-refractivity contribution in [1.82, 2.24) is 24.6 Å². The highest BCUT2D eigenvalue weighted by atomic mass is 19.1. The smallest absolute Gasteiger partial charge is 0.323 e. The van der Waals surface area contributed by atoms with Gasteiger partial charge in [-0.1, -0.05) is 6.07 Å². The lowest BCUT2D eigenvalue weighted by Crippen LogP contribution is -2.44. The highest BCUT2D eigenvalue weighted by Gasteiger charge is 2.17. The molecule has 0 unspecified atom stereocenters. The van der Waals surface area contributed by atoms with Crippen LogP contribution >= 0.6 is 0 Å². The van der Waals surface area contributed by atoms with Crippen LogP contribution in [0.25, 0.3) is 0 Å². The van der Waals surface area contributed by atoms with Gasteiger partial charge in [0.05, 0.1) is 12.2 Å². The molecule has 0 aliphatic carbocycles. The summed E-state index contributed by atoms with van der Waals surface area (Å²) in [5.74, 6) is -3.68. The molecule has 176 valence electrons. The van der Waals surface area contributed by atoms with Gasteiger partial charge in [0.25, 0.3) is 0 Å². The van der Waals surface area contributed by atoms with Gasteiger partial charge in [-0.3, -0.25) is 24.2 Å². The fraction of sp³-hybridized carbons (Fsp3) is 0.500. The van der Waals surface area contributed by atoms with Crippen molar-refractivity contribution in [2.45, 2.75) is 6.54 Å². The Bertz CT molecular complexity index is 823. The van der Waals surface area contributed by atoms with E-state index in [4.69, 9.17) is 5.11 Å². The number of hydrogen-bond acceptors (Lipinski definition) is 8. The number of carbonyl (C=O) groups is 3. The van der Waals surface area contributed by atoms with Crippen LogP contribution in [0.3, 0.4) is 0 Å². The normalized spacial score (nSPS) is 17.9. The SMILES string of the molecule is O=C(O)CN1/C=C\N(CC(=O)O)CCN(Cc2cccc(F)n2)CCN(CC(=O)O)CC1. The summed E-state index contributed by atoms with van der Waals surface area (Å²) in [6.45, 7) is 1.64. The third kappa shape index (κ3) is 9.71. The van der Waals surface area contributed by atoms with Crippen LogP contribution in [-0.2, 0) is 20.9 Å². The van der Waals surface area contributed by atoms with Gasteiger partial charge in [0.1, 0.15) is 13.1 Å². The second-order valence-corrected chi connectivity index (χ2v) is 7.42. The van der Waals surface area contributed by atoms with E-state index in [1.807, 2.05) is 4.90 Å². The molecule has 1 aliphatic rings. The lowest BCUT2D eigenvalue weighted by Gasteiger charge is -2.31. The minimum absolute atomic E-state index is 0.207. The number of aromatic nitrogens is 1. The van der Waals surface area contributed by atoms with Gasteiger partial charge in [0, 0.05) is 58.2 Å². The Hall–Kier alpha value is -3.25. The molecule has 0 spiro atoms. The molecule has 1 aliphatic heterocycles. The fourth-order valence-electron chi connectivity index (χ4n) is 3.27. The van der Waals surface area contributed by atoms with Gasteiger partial charge in [-0.05, 0) is 12.1 Å². The van der Waals surface area contributed by atoms with Crippen LogP contribution in [0.1, 0.15) is 5.69 Å². The lowest BCUT2D eigenvalue weighted by atomic mass is 10.3. The van der Waals surface area contributed by atoms with Gasteiger partial charge in [0.15, 0.2) is 0 Å². The molecule has 12 heteroatoms. The molecule has 2 heterocycles. The minimum atomic E-state index is -1.05. The third-order valence-corrected chi connectivity index (χ3v) is 4.82. The molecular weight excluding hydrogens is 425 g/mol. The Morgan fingerprint density at radius 2 is 1.28 bits per heavy atom. The number of pyridine rings is 1. The summed E-state index contributed by atoms with van der Waals surface area (Å²) < 4.78 is 13.5. The van der Waals surface area contributed by atoms with E-state index >= 15 is 0 Å². The van der Waals surface area contributed by atoms with Gasteiger partial charge in [0.2, 0.25) is 5.95 Å². The van der Waals surface area contributed by atoms with Crippen molar-refractivity contribution < 1.29 is 34.1 Å². The van der Waals surface area contributed by atoms with E-state index < -0.39 is 23.9 Å². The van der Waals surface area contributed by atoms with Crippen LogP contribution in [0.15, 0.2) is 30.6 Å². The zero-order valence-corrected chi connectivity index (χ0v) is 17.6. The number of carboxylic acid groups (broad SMARTS) is 3. The first-order chi connectivity index (χ1) is 15.2. The minimum Gasteiger partial charge on any atom is -0.480 e. The van der Waals surface area contributed by atoms with E-state index in [9.17, 15) is 29.0 Å². The van der Waals surface area contributed by atoms with Gasteiger partial charge >= 0.3 is 17.9 Å². The summed E-state index contributed by atoms with van der Waals surface area (Å²) in [6, 6.07) is 4.49. The Balaban J connectivity index is 2.22. The molecule has 0 fully saturated rings. The predicted molar refractivity (Wildman–Crippen MR) is 111 cm³/mol. The van der Waals surface area contributed by atoms with Gasteiger partial charge in [-0.25, -0.2) is 4.98 Å². The number of carboxylic acids is 3. The number of aliphatic carboxylic acids is 3. The molecule has 1 aromatic heterocycles. The summed E-state index contributed by atoms with van der Waals surface area (Å²) in [7, 11) is 0. The summed E-state index contributed by atoms with van der Waals surface area (Å²) in [4.78, 5) is 44.3. The molecule has 1 aromatic rings. The van der Waals surface area contributed by atoms with Crippen molar-refractivity contribution in [3.05, 3.63) is 42.2 Å². The number of halogens is 1. The molecule has 0 radical (unpaired) electrons. The van der Waals surface area contributed by atoms with E-state index in [1.54, 1.807) is 21.9 Å². The maximum Gasteiger partial charge on any atom is 0.323 e. The van der Waals surface area contributed by atoms with Crippen molar-refractivity contribution in [1.29, 1.82) is 0 Å². The molecule has 2 rings (SSSR count). The maximum absolute atomic E-state index is 13.5. The van der Waals surface area contributed by atoms with Crippen molar-refractivity contribution in [3.8, 4) is 0 Å². The highest BCUT2D eigenvalue weighted by Crippen LogP contribution is 2.06. The number of hydrogen-bond donors (Lipinski definition) is 3. The van der Waals surface area contributed by atoms with Crippen molar-refractivity contribution in [2.75, 3.05) is 58.9 Å². The Labute approximate surface area is 185 Å². The summed E-state index contributed by atoms with van der Waals surface area (Å²) in [6.07, 6.45) is 3.04. The topological polar surface area (TPSA) is 138 Å². The van der Waals surface area contributed by atoms with Gasteiger partial charge < -0.3 is 25.1 Å². The van der Waals surface area contributed by atoms with E-state index in [-0.39, 0.29) is 26.2 Å². The van der Waals surface area contributed by atoms with Crippen LogP contribution < -0.4 is 0 Å². The Morgan fingerprint density at radius 1 is 0.781 bits per heavy atom. The predicted octanol–water partition coefficient (Wildman–Crippen LogP) is -0.333. The fourth-order valence-corrected chi connectivity index (χ4v) is 3.27. The largest absolute Gasteiger partial charge is 0.480 e. The molecule has 0 saturated carbocycles. The first-order valence-corrected chi connectivity index (χ1v) is 10.1. The average molecular weight is 453 g/mol. The van der Waals surface area contributed by atoms with Crippen LogP contribution in [0.2, 0.25) is 0 Å². The Morgan fingerprint density at radius 3 is 1.81 bits per heavy atom. The standard InChI is InChI=1S/C20H28FN5O6/c21-17-3-1-2-16(22-17)12-23-4-6-24(13-18(27)28)8-10-26(15-20(31)32)11-9-25(7-5-23)14-19(29)30/h1-3,8,10H,4-7,9,11-15H2,(H,27,28)(H,29,30)(H,31,32)/b10-8-. The first kappa shape index (κ1) is 25.0. The molecule has 3 N–H and O–H groups in total. The van der Waals surface area contributed by atoms with Crippen LogP contribution in [0.4, 0.5) is 4.39 Å². The zero-order valence-electron chi connectivity index (χ0n) is 17.6. The number of nitrogens with zero attached hydrogens (tertiary/aromatic N) is 5. The van der Waals surface area contributed by atoms with E-state index in [1.165, 1.54) is 23.4 Å². The molecule has 0 amide bonds. The van der Waals surface area contributed by atoms with Crippen molar-refractivity contribution in [3.63, 3.8) is 0 Å². The van der Waals surface area contributed by atoms with Gasteiger partial charge in [-0.15, -0.1) is 0 Å². The molecule has 32 heavy (non-hydrogen) atoms. The van der Waals surface area contributed by atoms with Crippen LogP contribution in [-0.4, -0.2) is 117 Å². The molecule has 0 saturated heterocycles. The zero-order chi connectivity index (χ0) is 23.5. The van der Waals surface area contributed by atoms with Crippen molar-refractivity contribution >= 4 is 17.9 Å². The van der Waals surface area contributed by atoms with Gasteiger partial charge in [-0.2, -0.15) is 4.39 Å². The van der Waals surface area contributed by atoms with Crippen molar-refractivity contribution in [2.24, 2.45) is 0 Å². The summed E-state index contributed by atoms with van der Waals surface area (Å²) in [5.41, 5.74) is 0.509. The summed E-state index contributed by atoms with van der Waals surface area (Å²) >= 11 is 0. The lowest BCUT2D eigenvalue weighted by molar-refractivity contribution is -0.139. The second kappa shape index (κ2) is 12.6. The maximum atomic E-state index is 13.5. The first-order valence-electron chi connectivity index (χ1n) is 10.1. The molecule has 0 atom stereocenters. The molecule has 11 nitrogen and oxygen atoms in total. The van der Waals surface area contributed by atoms with E-state index in [0.29, 0.717) is 45.0 Å². The van der Waals surface area contributed by atoms with Crippen LogP contribution in [0, 0.1) is 5.95 Å². The molecular formula is C20H28FN5O6.